The summed E-state index contributed by atoms with van der Waals surface area (Å²) in [5.74, 6) is 0. The molecule has 6 heteroatoms. The van der Waals surface area contributed by atoms with Crippen molar-refractivity contribution in [1.82, 2.24) is 4.57 Å². The van der Waals surface area contributed by atoms with Crippen LogP contribution in [-0.2, 0) is 13.0 Å². The molecular weight excluding hydrogens is 709 g/mol. The molecule has 0 saturated carbocycles. The first-order valence-electron chi connectivity index (χ1n) is 21.4. The van der Waals surface area contributed by atoms with Gasteiger partial charge < -0.3 is 9.47 Å². The Hall–Kier alpha value is -6.14. The van der Waals surface area contributed by atoms with Crippen molar-refractivity contribution in [3.63, 3.8) is 0 Å². The molecule has 7 aromatic rings. The highest BCUT2D eigenvalue weighted by Crippen LogP contribution is 2.39. The third kappa shape index (κ3) is 8.87. The minimum Gasteiger partial charge on any atom is -0.341 e. The molecule has 0 N–H and O–H groups in total. The molecule has 0 atom stereocenters. The van der Waals surface area contributed by atoms with E-state index in [4.69, 9.17) is 10.2 Å². The van der Waals surface area contributed by atoms with Crippen LogP contribution in [0.15, 0.2) is 156 Å². The number of hydrazone groups is 2. The molecule has 0 amide bonds. The number of rotatable bonds is 18. The molecule has 1 aliphatic rings. The third-order valence-electron chi connectivity index (χ3n) is 11.4. The molecule has 0 radical (unpaired) electrons. The van der Waals surface area contributed by atoms with Crippen molar-refractivity contribution >= 4 is 57.0 Å². The second-order valence-electron chi connectivity index (χ2n) is 15.5. The number of benzene rings is 6. The first-order chi connectivity index (χ1) is 28.7. The molecule has 0 bridgehead atoms. The summed E-state index contributed by atoms with van der Waals surface area (Å²) in [4.78, 5) is 2.51. The summed E-state index contributed by atoms with van der Waals surface area (Å²) in [6, 6.07) is 52.4. The Bertz CT molecular complexity index is 2470. The van der Waals surface area contributed by atoms with Crippen LogP contribution in [0.5, 0.6) is 0 Å². The maximum absolute atomic E-state index is 5.09. The van der Waals surface area contributed by atoms with Crippen LogP contribution in [0.4, 0.5) is 22.7 Å². The normalized spacial score (nSPS) is 12.5. The quantitative estimate of drug-likeness (QED) is 0.0496. The van der Waals surface area contributed by atoms with E-state index in [1.807, 2.05) is 12.4 Å². The van der Waals surface area contributed by atoms with Crippen LogP contribution in [0.1, 0.15) is 81.0 Å². The second kappa shape index (κ2) is 18.9. The van der Waals surface area contributed by atoms with Crippen LogP contribution >= 0.6 is 0 Å². The summed E-state index contributed by atoms with van der Waals surface area (Å²) in [6.07, 6.45) is 12.8. The van der Waals surface area contributed by atoms with Gasteiger partial charge >= 0.3 is 0 Å². The van der Waals surface area contributed by atoms with E-state index in [2.05, 4.69) is 179 Å². The molecule has 0 unspecified atom stereocenters. The number of para-hydroxylation sites is 4. The number of fused-ring (bicyclic) bond motifs is 5. The van der Waals surface area contributed by atoms with Gasteiger partial charge in [0, 0.05) is 65.8 Å². The molecule has 8 rings (SSSR count). The van der Waals surface area contributed by atoms with Gasteiger partial charge in [-0.2, -0.15) is 10.2 Å². The van der Waals surface area contributed by atoms with Crippen LogP contribution < -0.4 is 14.9 Å². The summed E-state index contributed by atoms with van der Waals surface area (Å²) >= 11 is 0. The molecule has 1 aliphatic heterocycles. The fraction of sp³-hybridized carbons (Fsp3) is 0.269. The van der Waals surface area contributed by atoms with Gasteiger partial charge in [-0.15, -0.1) is 0 Å². The van der Waals surface area contributed by atoms with Crippen molar-refractivity contribution in [3.8, 4) is 0 Å². The lowest BCUT2D eigenvalue weighted by molar-refractivity contribution is 0.648. The van der Waals surface area contributed by atoms with Crippen LogP contribution in [0.25, 0.3) is 21.8 Å². The predicted octanol–water partition coefficient (Wildman–Crippen LogP) is 13.0. The van der Waals surface area contributed by atoms with Crippen molar-refractivity contribution in [3.05, 3.63) is 168 Å². The SMILES string of the molecule is CCCCN1c2ccccc2Cc2cc(/C=N/N(CCCCCN(/N=C/c3ccc4c(c3)c3ccccc3n4CCCC)c3ccccc3)c3ccccc3)ccc21. The van der Waals surface area contributed by atoms with E-state index in [1.165, 1.54) is 70.0 Å². The van der Waals surface area contributed by atoms with Crippen LogP contribution in [-0.4, -0.2) is 36.6 Å². The second-order valence-corrected chi connectivity index (χ2v) is 15.5. The van der Waals surface area contributed by atoms with Gasteiger partial charge in [-0.25, -0.2) is 0 Å². The van der Waals surface area contributed by atoms with Gasteiger partial charge in [-0.3, -0.25) is 10.0 Å². The Kier molecular flexibility index (Phi) is 12.6. The Morgan fingerprint density at radius 2 is 1.07 bits per heavy atom. The summed E-state index contributed by atoms with van der Waals surface area (Å²) in [6.45, 7) is 8.26. The first-order valence-corrected chi connectivity index (χ1v) is 21.4. The minimum absolute atomic E-state index is 0.835. The zero-order valence-electron chi connectivity index (χ0n) is 34.2. The van der Waals surface area contributed by atoms with Crippen LogP contribution in [0.3, 0.4) is 0 Å². The Morgan fingerprint density at radius 1 is 0.500 bits per heavy atom. The first kappa shape index (κ1) is 38.7. The summed E-state index contributed by atoms with van der Waals surface area (Å²) in [5.41, 5.74) is 12.5. The summed E-state index contributed by atoms with van der Waals surface area (Å²) in [7, 11) is 0. The summed E-state index contributed by atoms with van der Waals surface area (Å²) < 4.78 is 2.48. The van der Waals surface area contributed by atoms with Crippen molar-refractivity contribution in [2.75, 3.05) is 34.6 Å². The highest BCUT2D eigenvalue weighted by Gasteiger charge is 2.22. The Balaban J connectivity index is 0.937. The standard InChI is InChI=1S/C52H56N6/c1-3-5-32-55-49-26-16-14-20-43(49)38-44-36-41(28-30-50(44)55)39-53-57(45-21-10-7-11-22-45)34-18-9-19-35-58(46-23-12-8-13-24-46)54-40-42-29-31-52-48(37-42)47-25-15-17-27-51(47)56(52)33-6-4-2/h7-8,10-17,20-31,36-37,39-40H,3-6,9,18-19,32-35,38H2,1-2H3/b53-39+,54-40+. The van der Waals surface area contributed by atoms with Crippen molar-refractivity contribution in [2.45, 2.75) is 71.8 Å². The fourth-order valence-corrected chi connectivity index (χ4v) is 8.29. The van der Waals surface area contributed by atoms with Crippen LogP contribution in [0.2, 0.25) is 0 Å². The number of aromatic nitrogens is 1. The number of nitrogens with zero attached hydrogens (tertiary/aromatic N) is 6. The monoisotopic (exact) mass is 764 g/mol. The van der Waals surface area contributed by atoms with Gasteiger partial charge in [0.2, 0.25) is 0 Å². The summed E-state index contributed by atoms with van der Waals surface area (Å²) in [5, 5.41) is 17.1. The molecule has 0 fully saturated rings. The molecule has 6 aromatic carbocycles. The molecular formula is C52H56N6. The smallest absolute Gasteiger partial charge is 0.0593 e. The molecule has 1 aromatic heterocycles. The van der Waals surface area contributed by atoms with E-state index in [1.54, 1.807) is 0 Å². The van der Waals surface area contributed by atoms with Crippen molar-refractivity contribution < 1.29 is 0 Å². The highest BCUT2D eigenvalue weighted by atomic mass is 15.5. The molecule has 0 saturated heterocycles. The average molecular weight is 765 g/mol. The number of hydrogen-bond donors (Lipinski definition) is 0. The van der Waals surface area contributed by atoms with Gasteiger partial charge in [0.1, 0.15) is 0 Å². The zero-order chi connectivity index (χ0) is 39.5. The Morgan fingerprint density at radius 3 is 1.78 bits per heavy atom. The van der Waals surface area contributed by atoms with Gasteiger partial charge in [0.05, 0.1) is 23.8 Å². The molecule has 2 heterocycles. The highest BCUT2D eigenvalue weighted by molar-refractivity contribution is 6.09. The largest absolute Gasteiger partial charge is 0.341 e. The number of aryl methyl sites for hydroxylation is 1. The zero-order valence-corrected chi connectivity index (χ0v) is 34.2. The minimum atomic E-state index is 0.835. The molecule has 0 spiro atoms. The number of unbranched alkanes of at least 4 members (excludes halogenated alkanes) is 4. The predicted molar refractivity (Wildman–Crippen MR) is 249 cm³/mol. The lowest BCUT2D eigenvalue weighted by Crippen LogP contribution is -2.24. The van der Waals surface area contributed by atoms with Gasteiger partial charge in [-0.1, -0.05) is 112 Å². The molecule has 6 nitrogen and oxygen atoms in total. The van der Waals surface area contributed by atoms with E-state index >= 15 is 0 Å². The third-order valence-corrected chi connectivity index (χ3v) is 11.4. The maximum Gasteiger partial charge on any atom is 0.0593 e. The maximum atomic E-state index is 5.09. The topological polar surface area (TPSA) is 39.4 Å². The van der Waals surface area contributed by atoms with E-state index in [9.17, 15) is 0 Å². The molecule has 0 aliphatic carbocycles. The molecule has 294 valence electrons. The number of anilines is 4. The van der Waals surface area contributed by atoms with Crippen LogP contribution in [0, 0.1) is 0 Å². The molecule has 58 heavy (non-hydrogen) atoms. The van der Waals surface area contributed by atoms with E-state index in [-0.39, 0.29) is 0 Å². The van der Waals surface area contributed by atoms with E-state index < -0.39 is 0 Å². The van der Waals surface area contributed by atoms with E-state index in [0.717, 1.165) is 74.4 Å². The number of hydrogen-bond acceptors (Lipinski definition) is 5. The van der Waals surface area contributed by atoms with Crippen molar-refractivity contribution in [2.24, 2.45) is 10.2 Å². The van der Waals surface area contributed by atoms with Gasteiger partial charge in [0.25, 0.3) is 0 Å². The lowest BCUT2D eigenvalue weighted by atomic mass is 9.94. The average Bonchev–Trinajstić information content (AvgIpc) is 3.59. The lowest BCUT2D eigenvalue weighted by Gasteiger charge is -2.33. The van der Waals surface area contributed by atoms with Gasteiger partial charge in [-0.05, 0) is 115 Å². The van der Waals surface area contributed by atoms with E-state index in [0.29, 0.717) is 0 Å². The fourth-order valence-electron chi connectivity index (χ4n) is 8.29. The van der Waals surface area contributed by atoms with Crippen molar-refractivity contribution in [1.29, 1.82) is 0 Å². The Labute approximate surface area is 344 Å². The van der Waals surface area contributed by atoms with Gasteiger partial charge in [0.15, 0.2) is 0 Å².